The van der Waals surface area contributed by atoms with Crippen molar-refractivity contribution in [1.29, 1.82) is 0 Å². The third kappa shape index (κ3) is 2.78. The Kier molecular flexibility index (Phi) is 4.27. The summed E-state index contributed by atoms with van der Waals surface area (Å²) < 4.78 is 4.49. The monoisotopic (exact) mass is 209 g/mol. The maximum Gasteiger partial charge on any atom is 0.336 e. The van der Waals surface area contributed by atoms with Gasteiger partial charge in [0.2, 0.25) is 0 Å². The molecule has 0 aromatic heterocycles. The first-order chi connectivity index (χ1) is 7.20. The number of likely N-dealkylation sites (N-methyl/N-ethyl adjacent to an activating group) is 1. The van der Waals surface area contributed by atoms with Crippen molar-refractivity contribution in [2.45, 2.75) is 12.1 Å². The first-order valence-corrected chi connectivity index (χ1v) is 4.68. The second-order valence-corrected chi connectivity index (χ2v) is 3.15. The van der Waals surface area contributed by atoms with Gasteiger partial charge in [-0.3, -0.25) is 0 Å². The van der Waals surface area contributed by atoms with Crippen LogP contribution in [0.5, 0.6) is 0 Å². The summed E-state index contributed by atoms with van der Waals surface area (Å²) in [4.78, 5) is 11.2. The van der Waals surface area contributed by atoms with Crippen molar-refractivity contribution in [2.75, 3.05) is 14.2 Å². The van der Waals surface area contributed by atoms with E-state index >= 15 is 0 Å². The lowest BCUT2D eigenvalue weighted by Gasteiger charge is -2.20. The van der Waals surface area contributed by atoms with Crippen molar-refractivity contribution < 1.29 is 14.6 Å². The Morgan fingerprint density at radius 2 is 2.00 bits per heavy atom. The molecule has 1 aromatic rings. The van der Waals surface area contributed by atoms with E-state index in [-0.39, 0.29) is 0 Å². The molecule has 0 aliphatic rings. The fourth-order valence-electron chi connectivity index (χ4n) is 1.42. The van der Waals surface area contributed by atoms with Gasteiger partial charge in [-0.1, -0.05) is 30.3 Å². The lowest BCUT2D eigenvalue weighted by atomic mass is 10.0. The Morgan fingerprint density at radius 1 is 1.40 bits per heavy atom. The van der Waals surface area contributed by atoms with Gasteiger partial charge in [-0.05, 0) is 12.6 Å². The molecule has 0 fully saturated rings. The summed E-state index contributed by atoms with van der Waals surface area (Å²) >= 11 is 0. The lowest BCUT2D eigenvalue weighted by molar-refractivity contribution is -0.152. The van der Waals surface area contributed by atoms with Gasteiger partial charge in [0.05, 0.1) is 13.2 Å². The maximum atomic E-state index is 11.2. The minimum atomic E-state index is -1.19. The van der Waals surface area contributed by atoms with Crippen LogP contribution in [0.2, 0.25) is 0 Å². The van der Waals surface area contributed by atoms with Gasteiger partial charge in [0.25, 0.3) is 0 Å². The summed E-state index contributed by atoms with van der Waals surface area (Å²) in [6, 6.07) is 8.81. The highest BCUT2D eigenvalue weighted by Crippen LogP contribution is 2.16. The van der Waals surface area contributed by atoms with E-state index in [9.17, 15) is 9.90 Å². The van der Waals surface area contributed by atoms with Crippen molar-refractivity contribution in [3.8, 4) is 0 Å². The largest absolute Gasteiger partial charge is 0.467 e. The second-order valence-electron chi connectivity index (χ2n) is 3.15. The molecule has 4 heteroatoms. The average Bonchev–Trinajstić information content (AvgIpc) is 2.30. The topological polar surface area (TPSA) is 58.6 Å². The highest BCUT2D eigenvalue weighted by atomic mass is 16.5. The van der Waals surface area contributed by atoms with E-state index in [1.165, 1.54) is 7.11 Å². The molecular formula is C11H15NO3. The highest BCUT2D eigenvalue weighted by Gasteiger charge is 2.26. The molecule has 0 saturated heterocycles. The molecule has 1 rings (SSSR count). The number of ether oxygens (including phenoxy) is 1. The molecule has 0 spiro atoms. The molecular weight excluding hydrogens is 194 g/mol. The number of benzene rings is 1. The molecule has 0 aliphatic heterocycles. The smallest absolute Gasteiger partial charge is 0.336 e. The molecule has 2 unspecified atom stereocenters. The molecule has 0 bridgehead atoms. The molecule has 0 heterocycles. The third-order valence-electron chi connectivity index (χ3n) is 2.23. The zero-order valence-electron chi connectivity index (χ0n) is 8.81. The number of methoxy groups -OCH3 is 1. The van der Waals surface area contributed by atoms with Crippen LogP contribution in [0.1, 0.15) is 11.6 Å². The molecule has 15 heavy (non-hydrogen) atoms. The number of rotatable bonds is 4. The number of esters is 1. The van der Waals surface area contributed by atoms with Crippen LogP contribution in [0.15, 0.2) is 30.3 Å². The number of nitrogens with one attached hydrogen (secondary N) is 1. The SMILES string of the molecule is CNC(c1ccccc1)C(O)C(=O)OC. The molecule has 82 valence electrons. The van der Waals surface area contributed by atoms with Gasteiger partial charge < -0.3 is 15.2 Å². The molecule has 0 amide bonds. The fourth-order valence-corrected chi connectivity index (χ4v) is 1.42. The van der Waals surface area contributed by atoms with Gasteiger partial charge in [0.1, 0.15) is 0 Å². The van der Waals surface area contributed by atoms with Crippen LogP contribution < -0.4 is 5.32 Å². The van der Waals surface area contributed by atoms with E-state index in [4.69, 9.17) is 0 Å². The van der Waals surface area contributed by atoms with Crippen LogP contribution in [-0.2, 0) is 9.53 Å². The summed E-state index contributed by atoms with van der Waals surface area (Å²) in [6.07, 6.45) is -1.19. The number of carbonyl (C=O) groups is 1. The van der Waals surface area contributed by atoms with E-state index < -0.39 is 18.1 Å². The first kappa shape index (κ1) is 11.7. The molecule has 2 N–H and O–H groups in total. The summed E-state index contributed by atoms with van der Waals surface area (Å²) in [6.45, 7) is 0. The Bertz CT molecular complexity index is 313. The zero-order chi connectivity index (χ0) is 11.3. The Hall–Kier alpha value is -1.39. The van der Waals surface area contributed by atoms with Crippen LogP contribution in [0.4, 0.5) is 0 Å². The molecule has 0 saturated carbocycles. The van der Waals surface area contributed by atoms with Crippen molar-refractivity contribution >= 4 is 5.97 Å². The molecule has 2 atom stereocenters. The van der Waals surface area contributed by atoms with Gasteiger partial charge >= 0.3 is 5.97 Å². The van der Waals surface area contributed by atoms with E-state index in [0.29, 0.717) is 0 Å². The van der Waals surface area contributed by atoms with Crippen molar-refractivity contribution in [1.82, 2.24) is 5.32 Å². The van der Waals surface area contributed by atoms with E-state index in [2.05, 4.69) is 10.1 Å². The number of carbonyl (C=O) groups excluding carboxylic acids is 1. The summed E-state index contributed by atoms with van der Waals surface area (Å²) in [5.41, 5.74) is 0.845. The molecule has 0 radical (unpaired) electrons. The minimum Gasteiger partial charge on any atom is -0.467 e. The Morgan fingerprint density at radius 3 is 2.47 bits per heavy atom. The van der Waals surface area contributed by atoms with Gasteiger partial charge in [0.15, 0.2) is 6.10 Å². The maximum absolute atomic E-state index is 11.2. The van der Waals surface area contributed by atoms with E-state index in [0.717, 1.165) is 5.56 Å². The number of hydrogen-bond donors (Lipinski definition) is 2. The normalized spacial score (nSPS) is 14.3. The minimum absolute atomic E-state index is 0.446. The number of aliphatic hydroxyl groups is 1. The van der Waals surface area contributed by atoms with Gasteiger partial charge in [0, 0.05) is 0 Å². The third-order valence-corrected chi connectivity index (χ3v) is 2.23. The van der Waals surface area contributed by atoms with Gasteiger partial charge in [-0.25, -0.2) is 4.79 Å². The summed E-state index contributed by atoms with van der Waals surface area (Å²) in [7, 11) is 2.94. The molecule has 4 nitrogen and oxygen atoms in total. The van der Waals surface area contributed by atoms with Crippen LogP contribution in [-0.4, -0.2) is 31.3 Å². The van der Waals surface area contributed by atoms with E-state index in [1.807, 2.05) is 30.3 Å². The summed E-state index contributed by atoms with van der Waals surface area (Å²) in [5, 5.41) is 12.6. The van der Waals surface area contributed by atoms with Crippen LogP contribution in [0.3, 0.4) is 0 Å². The van der Waals surface area contributed by atoms with Gasteiger partial charge in [-0.15, -0.1) is 0 Å². The molecule has 1 aromatic carbocycles. The fraction of sp³-hybridized carbons (Fsp3) is 0.364. The van der Waals surface area contributed by atoms with E-state index in [1.54, 1.807) is 7.05 Å². The van der Waals surface area contributed by atoms with Crippen LogP contribution in [0, 0.1) is 0 Å². The standard InChI is InChI=1S/C11H15NO3/c1-12-9(10(13)11(14)15-2)8-6-4-3-5-7-8/h3-7,9-10,12-13H,1-2H3. The molecule has 0 aliphatic carbocycles. The van der Waals surface area contributed by atoms with Crippen molar-refractivity contribution in [2.24, 2.45) is 0 Å². The van der Waals surface area contributed by atoms with Crippen LogP contribution in [0.25, 0.3) is 0 Å². The predicted octanol–water partition coefficient (Wildman–Crippen LogP) is 0.481. The number of aliphatic hydroxyl groups excluding tert-OH is 1. The first-order valence-electron chi connectivity index (χ1n) is 4.68. The number of hydrogen-bond acceptors (Lipinski definition) is 4. The second kappa shape index (κ2) is 5.48. The Balaban J connectivity index is 2.85. The zero-order valence-corrected chi connectivity index (χ0v) is 8.81. The van der Waals surface area contributed by atoms with Gasteiger partial charge in [-0.2, -0.15) is 0 Å². The highest BCUT2D eigenvalue weighted by molar-refractivity contribution is 5.75. The van der Waals surface area contributed by atoms with Crippen LogP contribution >= 0.6 is 0 Å². The lowest BCUT2D eigenvalue weighted by Crippen LogP contribution is -2.36. The summed E-state index contributed by atoms with van der Waals surface area (Å²) in [5.74, 6) is -0.641. The quantitative estimate of drug-likeness (QED) is 0.708. The predicted molar refractivity (Wildman–Crippen MR) is 56.3 cm³/mol. The average molecular weight is 209 g/mol. The Labute approximate surface area is 88.9 Å². The van der Waals surface area contributed by atoms with Crippen molar-refractivity contribution in [3.63, 3.8) is 0 Å². The van der Waals surface area contributed by atoms with Crippen molar-refractivity contribution in [3.05, 3.63) is 35.9 Å².